The van der Waals surface area contributed by atoms with Gasteiger partial charge in [-0.05, 0) is 37.1 Å². The Morgan fingerprint density at radius 2 is 2.17 bits per heavy atom. The smallest absolute Gasteiger partial charge is 0.341 e. The van der Waals surface area contributed by atoms with Crippen molar-refractivity contribution in [3.63, 3.8) is 0 Å². The van der Waals surface area contributed by atoms with Crippen LogP contribution in [0.1, 0.15) is 41.2 Å². The van der Waals surface area contributed by atoms with E-state index in [0.717, 1.165) is 13.0 Å². The van der Waals surface area contributed by atoms with E-state index in [9.17, 15) is 4.79 Å². The predicted octanol–water partition coefficient (Wildman–Crippen LogP) is 2.30. The minimum absolute atomic E-state index is 0.361. The van der Waals surface area contributed by atoms with Crippen molar-refractivity contribution in [2.45, 2.75) is 25.3 Å². The van der Waals surface area contributed by atoms with Gasteiger partial charge in [-0.15, -0.1) is 0 Å². The van der Waals surface area contributed by atoms with Crippen molar-refractivity contribution < 1.29 is 14.3 Å². The maximum atomic E-state index is 11.6. The molecule has 1 fully saturated rings. The summed E-state index contributed by atoms with van der Waals surface area (Å²) in [6.07, 6.45) is 3.59. The number of rotatable bonds is 3. The van der Waals surface area contributed by atoms with Gasteiger partial charge in [0.15, 0.2) is 0 Å². The summed E-state index contributed by atoms with van der Waals surface area (Å²) in [4.78, 5) is 11.6. The van der Waals surface area contributed by atoms with E-state index in [4.69, 9.17) is 9.47 Å². The van der Waals surface area contributed by atoms with E-state index in [1.54, 1.807) is 13.2 Å². The normalized spacial score (nSPS) is 19.3. The highest BCUT2D eigenvalue weighted by atomic mass is 16.5. The molecule has 0 radical (unpaired) electrons. The van der Waals surface area contributed by atoms with Crippen LogP contribution in [0.2, 0.25) is 0 Å². The molecule has 1 aromatic rings. The molecule has 0 unspecified atom stereocenters. The van der Waals surface area contributed by atoms with Crippen LogP contribution in [0.4, 0.5) is 0 Å². The summed E-state index contributed by atoms with van der Waals surface area (Å²) in [7, 11) is 2.94. The fourth-order valence-electron chi connectivity index (χ4n) is 2.34. The first-order valence-corrected chi connectivity index (χ1v) is 6.26. The molecule has 1 aliphatic rings. The average Bonchev–Trinajstić information content (AvgIpc) is 2.46. The molecule has 0 saturated carbocycles. The number of hydrogen-bond acceptors (Lipinski definition) is 4. The van der Waals surface area contributed by atoms with Gasteiger partial charge >= 0.3 is 5.97 Å². The van der Waals surface area contributed by atoms with Gasteiger partial charge in [0, 0.05) is 6.04 Å². The van der Waals surface area contributed by atoms with Crippen LogP contribution in [0.25, 0.3) is 0 Å². The molecule has 0 spiro atoms. The molecule has 1 aromatic carbocycles. The third kappa shape index (κ3) is 2.64. The number of ether oxygens (including phenoxy) is 2. The number of carbonyl (C=O) groups excluding carboxylic acids is 1. The Morgan fingerprint density at radius 3 is 2.78 bits per heavy atom. The van der Waals surface area contributed by atoms with Crippen LogP contribution in [0, 0.1) is 0 Å². The second-order valence-corrected chi connectivity index (χ2v) is 4.45. The Bertz CT molecular complexity index is 425. The lowest BCUT2D eigenvalue weighted by Gasteiger charge is -2.24. The summed E-state index contributed by atoms with van der Waals surface area (Å²) in [6, 6.07) is 6.03. The van der Waals surface area contributed by atoms with E-state index in [1.807, 2.05) is 12.1 Å². The van der Waals surface area contributed by atoms with Crippen molar-refractivity contribution in [2.75, 3.05) is 20.8 Å². The van der Waals surface area contributed by atoms with Gasteiger partial charge in [0.05, 0.1) is 14.2 Å². The monoisotopic (exact) mass is 249 g/mol. The summed E-state index contributed by atoms with van der Waals surface area (Å²) in [5.74, 6) is 0.210. The standard InChI is InChI=1S/C14H19NO3/c1-17-13-9-10(12-5-3-4-8-15-12)6-7-11(13)14(16)18-2/h6-7,9,12,15H,3-5,8H2,1-2H3/t12-/m0/s1. The average molecular weight is 249 g/mol. The van der Waals surface area contributed by atoms with Gasteiger partial charge in [0.25, 0.3) is 0 Å². The van der Waals surface area contributed by atoms with Crippen LogP contribution < -0.4 is 10.1 Å². The molecule has 0 aliphatic carbocycles. The minimum atomic E-state index is -0.366. The zero-order chi connectivity index (χ0) is 13.0. The molecule has 18 heavy (non-hydrogen) atoms. The zero-order valence-electron chi connectivity index (χ0n) is 10.9. The maximum Gasteiger partial charge on any atom is 0.341 e. The molecule has 2 rings (SSSR count). The fraction of sp³-hybridized carbons (Fsp3) is 0.500. The number of benzene rings is 1. The molecule has 4 nitrogen and oxygen atoms in total. The Balaban J connectivity index is 2.26. The van der Waals surface area contributed by atoms with Crippen molar-refractivity contribution >= 4 is 5.97 Å². The molecule has 1 N–H and O–H groups in total. The van der Waals surface area contributed by atoms with E-state index >= 15 is 0 Å². The summed E-state index contributed by atoms with van der Waals surface area (Å²) < 4.78 is 10.0. The van der Waals surface area contributed by atoms with Crippen molar-refractivity contribution in [2.24, 2.45) is 0 Å². The lowest BCUT2D eigenvalue weighted by atomic mass is 9.96. The van der Waals surface area contributed by atoms with Gasteiger partial charge < -0.3 is 14.8 Å². The second kappa shape index (κ2) is 5.87. The maximum absolute atomic E-state index is 11.6. The van der Waals surface area contributed by atoms with E-state index in [1.165, 1.54) is 25.5 Å². The quantitative estimate of drug-likeness (QED) is 0.835. The lowest BCUT2D eigenvalue weighted by Crippen LogP contribution is -2.26. The number of hydrogen-bond donors (Lipinski definition) is 1. The third-order valence-corrected chi connectivity index (χ3v) is 3.34. The topological polar surface area (TPSA) is 47.6 Å². The molecule has 1 aliphatic heterocycles. The van der Waals surface area contributed by atoms with Crippen LogP contribution in [-0.4, -0.2) is 26.7 Å². The van der Waals surface area contributed by atoms with Crippen LogP contribution in [0.5, 0.6) is 5.75 Å². The first-order valence-electron chi connectivity index (χ1n) is 6.26. The van der Waals surface area contributed by atoms with Crippen LogP contribution in [0.15, 0.2) is 18.2 Å². The Hall–Kier alpha value is -1.55. The van der Waals surface area contributed by atoms with Gasteiger partial charge in [0.1, 0.15) is 11.3 Å². The molecule has 98 valence electrons. The molecule has 1 saturated heterocycles. The highest BCUT2D eigenvalue weighted by Crippen LogP contribution is 2.28. The highest BCUT2D eigenvalue weighted by molar-refractivity contribution is 5.92. The van der Waals surface area contributed by atoms with Crippen molar-refractivity contribution in [1.82, 2.24) is 5.32 Å². The van der Waals surface area contributed by atoms with Crippen molar-refractivity contribution in [3.8, 4) is 5.75 Å². The van der Waals surface area contributed by atoms with E-state index in [0.29, 0.717) is 17.4 Å². The molecular formula is C14H19NO3. The zero-order valence-corrected chi connectivity index (χ0v) is 10.9. The predicted molar refractivity (Wildman–Crippen MR) is 68.9 cm³/mol. The fourth-order valence-corrected chi connectivity index (χ4v) is 2.34. The van der Waals surface area contributed by atoms with Gasteiger partial charge in [0.2, 0.25) is 0 Å². The Labute approximate surface area is 107 Å². The van der Waals surface area contributed by atoms with E-state index in [-0.39, 0.29) is 5.97 Å². The largest absolute Gasteiger partial charge is 0.496 e. The van der Waals surface area contributed by atoms with Crippen LogP contribution in [0.3, 0.4) is 0 Å². The van der Waals surface area contributed by atoms with Gasteiger partial charge in [-0.3, -0.25) is 0 Å². The van der Waals surface area contributed by atoms with Gasteiger partial charge in [-0.1, -0.05) is 12.5 Å². The Morgan fingerprint density at radius 1 is 1.33 bits per heavy atom. The lowest BCUT2D eigenvalue weighted by molar-refractivity contribution is 0.0597. The van der Waals surface area contributed by atoms with Gasteiger partial charge in [-0.2, -0.15) is 0 Å². The third-order valence-electron chi connectivity index (χ3n) is 3.34. The summed E-state index contributed by atoms with van der Waals surface area (Å²) >= 11 is 0. The summed E-state index contributed by atoms with van der Waals surface area (Å²) in [6.45, 7) is 1.05. The molecule has 1 heterocycles. The van der Waals surface area contributed by atoms with Crippen molar-refractivity contribution in [3.05, 3.63) is 29.3 Å². The Kier molecular flexibility index (Phi) is 4.20. The SMILES string of the molecule is COC(=O)c1ccc([C@@H]2CCCCN2)cc1OC. The van der Waals surface area contributed by atoms with E-state index < -0.39 is 0 Å². The molecular weight excluding hydrogens is 230 g/mol. The van der Waals surface area contributed by atoms with Crippen LogP contribution >= 0.6 is 0 Å². The molecule has 0 aromatic heterocycles. The first-order chi connectivity index (χ1) is 8.76. The van der Waals surface area contributed by atoms with Gasteiger partial charge in [-0.25, -0.2) is 4.79 Å². The molecule has 0 bridgehead atoms. The second-order valence-electron chi connectivity index (χ2n) is 4.45. The number of carbonyl (C=O) groups is 1. The highest BCUT2D eigenvalue weighted by Gasteiger charge is 2.18. The first kappa shape index (κ1) is 12.9. The summed E-state index contributed by atoms with van der Waals surface area (Å²) in [5, 5.41) is 3.48. The molecule has 4 heteroatoms. The number of methoxy groups -OCH3 is 2. The number of piperidine rings is 1. The van der Waals surface area contributed by atoms with Crippen molar-refractivity contribution in [1.29, 1.82) is 0 Å². The minimum Gasteiger partial charge on any atom is -0.496 e. The summed E-state index contributed by atoms with van der Waals surface area (Å²) in [5.41, 5.74) is 1.64. The van der Waals surface area contributed by atoms with Crippen LogP contribution in [-0.2, 0) is 4.74 Å². The molecule has 0 amide bonds. The molecule has 1 atom stereocenters. The van der Waals surface area contributed by atoms with E-state index in [2.05, 4.69) is 5.32 Å². The number of nitrogens with one attached hydrogen (secondary N) is 1. The number of esters is 1.